The average Bonchev–Trinajstić information content (AvgIpc) is 3.50. The largest absolute Gasteiger partial charge is 0.497 e. The van der Waals surface area contributed by atoms with Crippen molar-refractivity contribution in [3.8, 4) is 22.8 Å². The number of para-hydroxylation sites is 1. The van der Waals surface area contributed by atoms with Gasteiger partial charge in [0.15, 0.2) is 0 Å². The van der Waals surface area contributed by atoms with Crippen LogP contribution in [-0.2, 0) is 11.5 Å². The molecule has 0 aliphatic rings. The van der Waals surface area contributed by atoms with Crippen LogP contribution >= 0.6 is 11.8 Å². The van der Waals surface area contributed by atoms with Gasteiger partial charge < -0.3 is 13.9 Å². The molecule has 0 aliphatic heterocycles. The molecular formula is C31H27N3O4S. The van der Waals surface area contributed by atoms with Crippen LogP contribution in [0.1, 0.15) is 27.2 Å². The number of methoxy groups -OCH3 is 2. The molecular weight excluding hydrogens is 510 g/mol. The zero-order valence-electron chi connectivity index (χ0n) is 21.6. The number of thioether (sulfide) groups is 1. The number of hydrogen-bond acceptors (Lipinski definition) is 7. The van der Waals surface area contributed by atoms with E-state index in [1.165, 1.54) is 0 Å². The number of hydrogen-bond donors (Lipinski definition) is 1. The fourth-order valence-corrected chi connectivity index (χ4v) is 5.06. The molecule has 7 nitrogen and oxygen atoms in total. The Hall–Kier alpha value is -4.56. The van der Waals surface area contributed by atoms with Gasteiger partial charge in [-0.15, -0.1) is 11.8 Å². The number of nitrogens with zero attached hydrogens (tertiary/aromatic N) is 2. The third-order valence-electron chi connectivity index (χ3n) is 6.11. The standard InChI is InChI=1S/C31H27N3O4S/c1-36-24-12-10-22(11-13-24)29-17-27(26-7-3-4-8-28(26)33-29)31(35)34-32-18-21-9-14-30(37-2)23(16-21)19-39-20-25-6-5-15-38-25/h3-18H,19-20H2,1-2H3,(H,34,35). The van der Waals surface area contributed by atoms with E-state index in [2.05, 4.69) is 10.5 Å². The Labute approximate surface area is 230 Å². The van der Waals surface area contributed by atoms with Crippen LogP contribution in [0.3, 0.4) is 0 Å². The number of hydrazone groups is 1. The van der Waals surface area contributed by atoms with Crippen LogP contribution in [0.5, 0.6) is 11.5 Å². The van der Waals surface area contributed by atoms with Crippen molar-refractivity contribution in [3.05, 3.63) is 114 Å². The second-order valence-electron chi connectivity index (χ2n) is 8.64. The number of fused-ring (bicyclic) bond motifs is 1. The van der Waals surface area contributed by atoms with Crippen molar-refractivity contribution in [2.24, 2.45) is 5.10 Å². The lowest BCUT2D eigenvalue weighted by Gasteiger charge is -2.10. The van der Waals surface area contributed by atoms with Gasteiger partial charge in [0.1, 0.15) is 17.3 Å². The molecule has 0 saturated carbocycles. The minimum Gasteiger partial charge on any atom is -0.497 e. The predicted molar refractivity (Wildman–Crippen MR) is 155 cm³/mol. The second-order valence-corrected chi connectivity index (χ2v) is 9.63. The predicted octanol–water partition coefficient (Wildman–Crippen LogP) is 6.71. The fourth-order valence-electron chi connectivity index (χ4n) is 4.15. The van der Waals surface area contributed by atoms with Crippen LogP contribution < -0.4 is 14.9 Å². The molecule has 0 radical (unpaired) electrons. The summed E-state index contributed by atoms with van der Waals surface area (Å²) in [6, 6.07) is 26.6. The number of ether oxygens (including phenoxy) is 2. The second kappa shape index (κ2) is 12.3. The van der Waals surface area contributed by atoms with Gasteiger partial charge in [0, 0.05) is 22.3 Å². The molecule has 196 valence electrons. The minimum atomic E-state index is -0.317. The lowest BCUT2D eigenvalue weighted by atomic mass is 10.0. The van der Waals surface area contributed by atoms with E-state index in [-0.39, 0.29) is 5.91 Å². The van der Waals surface area contributed by atoms with E-state index >= 15 is 0 Å². The van der Waals surface area contributed by atoms with Crippen LogP contribution in [0.15, 0.2) is 101 Å². The molecule has 0 bridgehead atoms. The van der Waals surface area contributed by atoms with E-state index in [0.717, 1.165) is 56.4 Å². The third kappa shape index (κ3) is 6.30. The van der Waals surface area contributed by atoms with Crippen LogP contribution in [0.4, 0.5) is 0 Å². The highest BCUT2D eigenvalue weighted by Crippen LogP contribution is 2.27. The first-order chi connectivity index (χ1) is 19.1. The van der Waals surface area contributed by atoms with Crippen molar-refractivity contribution >= 4 is 34.8 Å². The number of furan rings is 1. The van der Waals surface area contributed by atoms with E-state index in [1.807, 2.05) is 78.9 Å². The first kappa shape index (κ1) is 26.1. The monoisotopic (exact) mass is 537 g/mol. The average molecular weight is 538 g/mol. The van der Waals surface area contributed by atoms with Crippen LogP contribution in [0.25, 0.3) is 22.2 Å². The van der Waals surface area contributed by atoms with Gasteiger partial charge in [-0.05, 0) is 72.3 Å². The van der Waals surface area contributed by atoms with E-state index in [1.54, 1.807) is 44.5 Å². The van der Waals surface area contributed by atoms with Crippen molar-refractivity contribution in [1.29, 1.82) is 0 Å². The van der Waals surface area contributed by atoms with Crippen molar-refractivity contribution in [2.75, 3.05) is 14.2 Å². The molecule has 0 spiro atoms. The van der Waals surface area contributed by atoms with Gasteiger partial charge in [-0.1, -0.05) is 18.2 Å². The van der Waals surface area contributed by atoms with Gasteiger partial charge >= 0.3 is 0 Å². The van der Waals surface area contributed by atoms with Gasteiger partial charge in [0.2, 0.25) is 0 Å². The maximum absolute atomic E-state index is 13.2. The highest BCUT2D eigenvalue weighted by atomic mass is 32.2. The number of nitrogens with one attached hydrogen (secondary N) is 1. The summed E-state index contributed by atoms with van der Waals surface area (Å²) in [4.78, 5) is 18.0. The highest BCUT2D eigenvalue weighted by molar-refractivity contribution is 7.97. The molecule has 5 aromatic rings. The number of benzene rings is 3. The first-order valence-corrected chi connectivity index (χ1v) is 13.4. The summed E-state index contributed by atoms with van der Waals surface area (Å²) in [6.07, 6.45) is 3.31. The molecule has 39 heavy (non-hydrogen) atoms. The maximum Gasteiger partial charge on any atom is 0.272 e. The lowest BCUT2D eigenvalue weighted by molar-refractivity contribution is 0.0956. The molecule has 0 fully saturated rings. The van der Waals surface area contributed by atoms with Crippen molar-refractivity contribution < 1.29 is 18.7 Å². The summed E-state index contributed by atoms with van der Waals surface area (Å²) in [5.74, 6) is 3.68. The summed E-state index contributed by atoms with van der Waals surface area (Å²) in [5, 5.41) is 5.00. The molecule has 8 heteroatoms. The lowest BCUT2D eigenvalue weighted by Crippen LogP contribution is -2.18. The zero-order valence-corrected chi connectivity index (χ0v) is 22.4. The molecule has 1 N–H and O–H groups in total. The maximum atomic E-state index is 13.2. The molecule has 3 aromatic carbocycles. The normalized spacial score (nSPS) is 11.1. The number of amides is 1. The number of carbonyl (C=O) groups is 1. The summed E-state index contributed by atoms with van der Waals surface area (Å²) in [5.41, 5.74) is 7.36. The Bertz CT molecular complexity index is 1600. The molecule has 5 rings (SSSR count). The zero-order chi connectivity index (χ0) is 27.0. The number of pyridine rings is 1. The van der Waals surface area contributed by atoms with Gasteiger partial charge in [-0.2, -0.15) is 5.10 Å². The first-order valence-electron chi connectivity index (χ1n) is 12.3. The number of rotatable bonds is 10. The van der Waals surface area contributed by atoms with Gasteiger partial charge in [0.05, 0.1) is 49.2 Å². The van der Waals surface area contributed by atoms with Crippen molar-refractivity contribution in [2.45, 2.75) is 11.5 Å². The Balaban J connectivity index is 1.33. The Morgan fingerprint density at radius 1 is 0.974 bits per heavy atom. The molecule has 1 amide bonds. The third-order valence-corrected chi connectivity index (χ3v) is 7.12. The topological polar surface area (TPSA) is 86.0 Å². The summed E-state index contributed by atoms with van der Waals surface area (Å²) < 4.78 is 16.2. The van der Waals surface area contributed by atoms with E-state index in [0.29, 0.717) is 11.3 Å². The summed E-state index contributed by atoms with van der Waals surface area (Å²) in [7, 11) is 3.28. The molecule has 0 atom stereocenters. The summed E-state index contributed by atoms with van der Waals surface area (Å²) >= 11 is 1.73. The molecule has 0 aliphatic carbocycles. The van der Waals surface area contributed by atoms with Crippen LogP contribution in [-0.4, -0.2) is 31.3 Å². The van der Waals surface area contributed by atoms with Crippen LogP contribution in [0.2, 0.25) is 0 Å². The molecule has 2 heterocycles. The van der Waals surface area contributed by atoms with E-state index in [4.69, 9.17) is 18.9 Å². The van der Waals surface area contributed by atoms with Gasteiger partial charge in [-0.3, -0.25) is 4.79 Å². The van der Waals surface area contributed by atoms with Crippen LogP contribution in [0, 0.1) is 0 Å². The molecule has 0 saturated heterocycles. The number of aromatic nitrogens is 1. The van der Waals surface area contributed by atoms with Gasteiger partial charge in [-0.25, -0.2) is 10.4 Å². The minimum absolute atomic E-state index is 0.317. The SMILES string of the molecule is COc1ccc(-c2cc(C(=O)NN=Cc3ccc(OC)c(CSCc4ccco4)c3)c3ccccc3n2)cc1. The Morgan fingerprint density at radius 2 is 1.82 bits per heavy atom. The quantitative estimate of drug-likeness (QED) is 0.157. The smallest absolute Gasteiger partial charge is 0.272 e. The van der Waals surface area contributed by atoms with Gasteiger partial charge in [0.25, 0.3) is 5.91 Å². The van der Waals surface area contributed by atoms with E-state index in [9.17, 15) is 4.79 Å². The van der Waals surface area contributed by atoms with Crippen molar-refractivity contribution in [1.82, 2.24) is 10.4 Å². The number of carbonyl (C=O) groups excluding carboxylic acids is 1. The Morgan fingerprint density at radius 3 is 2.59 bits per heavy atom. The van der Waals surface area contributed by atoms with E-state index < -0.39 is 0 Å². The highest BCUT2D eigenvalue weighted by Gasteiger charge is 2.14. The molecule has 0 unspecified atom stereocenters. The summed E-state index contributed by atoms with van der Waals surface area (Å²) in [6.45, 7) is 0. The fraction of sp³-hybridized carbons (Fsp3) is 0.129. The van der Waals surface area contributed by atoms with Crippen molar-refractivity contribution in [3.63, 3.8) is 0 Å². The Kier molecular flexibility index (Phi) is 8.23. The molecule has 2 aromatic heterocycles.